The van der Waals surface area contributed by atoms with Crippen LogP contribution in [0.25, 0.3) is 0 Å². The van der Waals surface area contributed by atoms with Crippen LogP contribution in [0.3, 0.4) is 0 Å². The molecule has 0 unspecified atom stereocenters. The molecule has 0 saturated heterocycles. The summed E-state index contributed by atoms with van der Waals surface area (Å²) in [7, 11) is 0. The summed E-state index contributed by atoms with van der Waals surface area (Å²) < 4.78 is 15.0. The number of halogens is 1. The predicted octanol–water partition coefficient (Wildman–Crippen LogP) is 3.41. The van der Waals surface area contributed by atoms with Crippen LogP contribution in [0.2, 0.25) is 0 Å². The lowest BCUT2D eigenvalue weighted by Crippen LogP contribution is -2.38. The fourth-order valence-corrected chi connectivity index (χ4v) is 4.67. The second-order valence-electron chi connectivity index (χ2n) is 7.74. The summed E-state index contributed by atoms with van der Waals surface area (Å²) in [5.74, 6) is -0.850. The average molecular weight is 404 g/mol. The lowest BCUT2D eigenvalue weighted by atomic mass is 9.75. The lowest BCUT2D eigenvalue weighted by Gasteiger charge is -2.36. The molecule has 1 aliphatic carbocycles. The van der Waals surface area contributed by atoms with Crippen molar-refractivity contribution < 1.29 is 14.3 Å². The monoisotopic (exact) mass is 404 g/mol. The van der Waals surface area contributed by atoms with Crippen LogP contribution in [-0.4, -0.2) is 32.2 Å². The van der Waals surface area contributed by atoms with E-state index in [1.165, 1.54) is 30.4 Å². The number of aliphatic hydroxyl groups is 1. The van der Waals surface area contributed by atoms with Gasteiger partial charge in [-0.25, -0.2) is 14.1 Å². The highest BCUT2D eigenvalue weighted by atomic mass is 19.1. The van der Waals surface area contributed by atoms with E-state index in [4.69, 9.17) is 0 Å². The van der Waals surface area contributed by atoms with Crippen molar-refractivity contribution in [3.05, 3.63) is 95.0 Å². The summed E-state index contributed by atoms with van der Waals surface area (Å²) >= 11 is 0. The van der Waals surface area contributed by atoms with Crippen molar-refractivity contribution in [2.24, 2.45) is 0 Å². The fourth-order valence-electron chi connectivity index (χ4n) is 4.67. The maximum Gasteiger partial charge on any atom is 0.164 e. The van der Waals surface area contributed by atoms with Crippen LogP contribution in [0.5, 0.6) is 0 Å². The molecule has 1 aliphatic heterocycles. The molecule has 2 heterocycles. The van der Waals surface area contributed by atoms with Crippen molar-refractivity contribution in [3.63, 3.8) is 0 Å². The van der Waals surface area contributed by atoms with Crippen LogP contribution in [0.15, 0.2) is 72.5 Å². The van der Waals surface area contributed by atoms with Crippen LogP contribution >= 0.6 is 0 Å². The molecule has 3 atom stereocenters. The van der Waals surface area contributed by atoms with Crippen molar-refractivity contribution in [2.45, 2.75) is 30.8 Å². The van der Waals surface area contributed by atoms with E-state index in [9.17, 15) is 14.3 Å². The molecule has 152 valence electrons. The Hall–Kier alpha value is -3.32. The Kier molecular flexibility index (Phi) is 4.67. The quantitative estimate of drug-likeness (QED) is 0.699. The third kappa shape index (κ3) is 3.11. The molecule has 5 rings (SSSR count). The summed E-state index contributed by atoms with van der Waals surface area (Å²) in [6, 6.07) is 13.1. The number of hydrogen-bond donors (Lipinski definition) is 2. The highest BCUT2D eigenvalue weighted by Crippen LogP contribution is 2.45. The number of ketones is 1. The van der Waals surface area contributed by atoms with E-state index in [-0.39, 0.29) is 35.7 Å². The summed E-state index contributed by atoms with van der Waals surface area (Å²) in [5.41, 5.74) is 3.33. The first kappa shape index (κ1) is 18.7. The minimum atomic E-state index is -0.596. The third-order valence-electron chi connectivity index (χ3n) is 6.06. The highest BCUT2D eigenvalue weighted by Gasteiger charge is 2.42. The normalized spacial score (nSPS) is 24.0. The summed E-state index contributed by atoms with van der Waals surface area (Å²) in [4.78, 5) is 17.3. The molecule has 2 N–H and O–H groups in total. The number of benzene rings is 2. The number of hydrogen-bond acceptors (Lipinski definition) is 5. The molecule has 0 amide bonds. The number of carbonyl (C=O) groups excluding carboxylic acids is 1. The smallest absolute Gasteiger partial charge is 0.164 e. The molecule has 0 radical (unpaired) electrons. The molecule has 0 saturated carbocycles. The van der Waals surface area contributed by atoms with Gasteiger partial charge in [0.05, 0.1) is 11.6 Å². The zero-order valence-electron chi connectivity index (χ0n) is 16.2. The van der Waals surface area contributed by atoms with Crippen molar-refractivity contribution in [2.75, 3.05) is 6.54 Å². The molecular formula is C23H21FN4O2. The molecule has 3 aromatic rings. The van der Waals surface area contributed by atoms with Crippen LogP contribution in [0, 0.1) is 5.82 Å². The van der Waals surface area contributed by atoms with Gasteiger partial charge < -0.3 is 10.4 Å². The summed E-state index contributed by atoms with van der Waals surface area (Å²) in [6.07, 6.45) is 4.00. The van der Waals surface area contributed by atoms with Gasteiger partial charge in [0.2, 0.25) is 0 Å². The molecule has 0 spiro atoms. The first-order valence-electron chi connectivity index (χ1n) is 10.0. The number of allylic oxidation sites excluding steroid dienone is 1. The number of aliphatic hydroxyl groups excluding tert-OH is 1. The molecular weight excluding hydrogens is 383 g/mol. The van der Waals surface area contributed by atoms with E-state index in [1.807, 2.05) is 18.2 Å². The van der Waals surface area contributed by atoms with Gasteiger partial charge in [-0.2, -0.15) is 5.10 Å². The summed E-state index contributed by atoms with van der Waals surface area (Å²) in [5, 5.41) is 19.0. The fraction of sp³-hybridized carbons (Fsp3) is 0.261. The summed E-state index contributed by atoms with van der Waals surface area (Å²) in [6.45, 7) is 0.723. The van der Waals surface area contributed by atoms with Gasteiger partial charge in [-0.3, -0.25) is 4.79 Å². The van der Waals surface area contributed by atoms with Crippen LogP contribution in [-0.2, 0) is 11.2 Å². The van der Waals surface area contributed by atoms with E-state index in [0.29, 0.717) is 5.57 Å². The van der Waals surface area contributed by atoms with E-state index < -0.39 is 6.04 Å². The van der Waals surface area contributed by atoms with Gasteiger partial charge in [0.25, 0.3) is 0 Å². The van der Waals surface area contributed by atoms with Gasteiger partial charge in [-0.15, -0.1) is 0 Å². The molecule has 6 nitrogen and oxygen atoms in total. The molecule has 0 fully saturated rings. The number of nitrogens with one attached hydrogen (secondary N) is 1. The van der Waals surface area contributed by atoms with Crippen molar-refractivity contribution in [1.29, 1.82) is 0 Å². The number of fused-ring (bicyclic) bond motifs is 1. The first-order valence-corrected chi connectivity index (χ1v) is 10.0. The number of Topliss-reactive ketones (excluding diaryl/α,β-unsaturated/α-hetero) is 1. The van der Waals surface area contributed by atoms with Crippen molar-refractivity contribution in [3.8, 4) is 0 Å². The molecule has 2 aliphatic rings. The largest absolute Gasteiger partial charge is 0.510 e. The Morgan fingerprint density at radius 2 is 1.93 bits per heavy atom. The average Bonchev–Trinajstić information content (AvgIpc) is 3.28. The Balaban J connectivity index is 1.64. The molecule has 7 heteroatoms. The zero-order valence-corrected chi connectivity index (χ0v) is 16.2. The van der Waals surface area contributed by atoms with Crippen LogP contribution < -0.4 is 5.32 Å². The minimum Gasteiger partial charge on any atom is -0.510 e. The standard InChI is InChI=1S/C23H21FN4O2/c24-16-7-5-15(6-8-16)18-11-19(29)20(23(30)22(18)28-13-25-12-27-28)21-17-4-2-1-3-14(17)9-10-26-21/h1-8,12-13,18,21-22,26,30H,9-11H2/t18-,21-,22-/m0/s1. The Labute approximate surface area is 173 Å². The molecule has 30 heavy (non-hydrogen) atoms. The van der Waals surface area contributed by atoms with E-state index in [1.54, 1.807) is 16.8 Å². The van der Waals surface area contributed by atoms with Gasteiger partial charge in [-0.1, -0.05) is 36.4 Å². The van der Waals surface area contributed by atoms with E-state index >= 15 is 0 Å². The minimum absolute atomic E-state index is 0.0136. The Bertz CT molecular complexity index is 1110. The zero-order chi connectivity index (χ0) is 20.7. The Morgan fingerprint density at radius 3 is 2.70 bits per heavy atom. The SMILES string of the molecule is O=C1C[C@@H](c2ccc(F)cc2)[C@H](n2cncn2)C(O)=C1[C@H]1NCCc2ccccc21. The van der Waals surface area contributed by atoms with Crippen LogP contribution in [0.1, 0.15) is 41.1 Å². The molecule has 0 bridgehead atoms. The number of carbonyl (C=O) groups is 1. The second kappa shape index (κ2) is 7.50. The van der Waals surface area contributed by atoms with Crippen molar-refractivity contribution in [1.82, 2.24) is 20.1 Å². The number of aromatic nitrogens is 3. The predicted molar refractivity (Wildman–Crippen MR) is 108 cm³/mol. The maximum absolute atomic E-state index is 13.5. The molecule has 2 aromatic carbocycles. The maximum atomic E-state index is 13.5. The highest BCUT2D eigenvalue weighted by molar-refractivity contribution is 5.99. The first-order chi connectivity index (χ1) is 14.6. The van der Waals surface area contributed by atoms with Gasteiger partial charge in [-0.05, 0) is 35.2 Å². The van der Waals surface area contributed by atoms with Crippen LogP contribution in [0.4, 0.5) is 4.39 Å². The molecule has 1 aromatic heterocycles. The van der Waals surface area contributed by atoms with E-state index in [0.717, 1.165) is 24.1 Å². The second-order valence-corrected chi connectivity index (χ2v) is 7.74. The lowest BCUT2D eigenvalue weighted by molar-refractivity contribution is -0.117. The van der Waals surface area contributed by atoms with E-state index in [2.05, 4.69) is 21.5 Å². The van der Waals surface area contributed by atoms with Crippen molar-refractivity contribution >= 4 is 5.78 Å². The third-order valence-corrected chi connectivity index (χ3v) is 6.06. The van der Waals surface area contributed by atoms with Gasteiger partial charge >= 0.3 is 0 Å². The van der Waals surface area contributed by atoms with Gasteiger partial charge in [0.1, 0.15) is 30.3 Å². The van der Waals surface area contributed by atoms with Gasteiger partial charge in [0, 0.05) is 18.9 Å². The number of rotatable bonds is 3. The topological polar surface area (TPSA) is 80.0 Å². The Morgan fingerprint density at radius 1 is 1.13 bits per heavy atom. The van der Waals surface area contributed by atoms with Gasteiger partial charge in [0.15, 0.2) is 5.78 Å². The number of nitrogens with zero attached hydrogens (tertiary/aromatic N) is 3.